The van der Waals surface area contributed by atoms with E-state index in [9.17, 15) is 19.6 Å². The average Bonchev–Trinajstić information content (AvgIpc) is 3.46. The molecule has 0 unspecified atom stereocenters. The van der Waals surface area contributed by atoms with Gasteiger partial charge in [0, 0.05) is 12.1 Å². The summed E-state index contributed by atoms with van der Waals surface area (Å²) >= 11 is 0. The Morgan fingerprint density at radius 3 is 2.37 bits per heavy atom. The van der Waals surface area contributed by atoms with Gasteiger partial charge in [-0.15, -0.1) is 0 Å². The van der Waals surface area contributed by atoms with E-state index in [4.69, 9.17) is 19.9 Å². The molecule has 3 fully saturated rings. The Morgan fingerprint density at radius 2 is 1.77 bits per heavy atom. The molecule has 1 aromatic carbocycles. The lowest BCUT2D eigenvalue weighted by Crippen LogP contribution is -2.48. The highest BCUT2D eigenvalue weighted by atomic mass is 16.5. The third-order valence-electron chi connectivity index (χ3n) is 8.22. The van der Waals surface area contributed by atoms with Crippen LogP contribution in [0.25, 0.3) is 0 Å². The SMILES string of the molecule is COC(=O)C1(C)CCC(Oc2cc(C(=O)N[C@@H]3[C@H]4CC[C@H](C4)[C@@H]3C(N)=O)c(OC)cc2C#N)CC1. The highest BCUT2D eigenvalue weighted by Crippen LogP contribution is 2.48. The maximum Gasteiger partial charge on any atom is 0.311 e. The maximum absolute atomic E-state index is 13.3. The zero-order valence-corrected chi connectivity index (χ0v) is 20.5. The molecule has 0 heterocycles. The second-order valence-corrected chi connectivity index (χ2v) is 10.3. The van der Waals surface area contributed by atoms with Gasteiger partial charge in [0.2, 0.25) is 5.91 Å². The van der Waals surface area contributed by atoms with Crippen LogP contribution < -0.4 is 20.5 Å². The molecule has 0 aliphatic heterocycles. The number of nitrogens with one attached hydrogen (secondary N) is 1. The maximum atomic E-state index is 13.3. The molecule has 2 amide bonds. The van der Waals surface area contributed by atoms with Crippen LogP contribution in [0, 0.1) is 34.5 Å². The largest absolute Gasteiger partial charge is 0.496 e. The van der Waals surface area contributed by atoms with Gasteiger partial charge in [0.1, 0.15) is 17.6 Å². The first-order chi connectivity index (χ1) is 16.7. The number of nitriles is 1. The Kier molecular flexibility index (Phi) is 6.93. The summed E-state index contributed by atoms with van der Waals surface area (Å²) in [6.07, 6.45) is 5.06. The van der Waals surface area contributed by atoms with Gasteiger partial charge in [-0.25, -0.2) is 0 Å². The van der Waals surface area contributed by atoms with Gasteiger partial charge < -0.3 is 25.3 Å². The monoisotopic (exact) mass is 483 g/mol. The zero-order chi connectivity index (χ0) is 25.3. The van der Waals surface area contributed by atoms with Gasteiger partial charge in [-0.1, -0.05) is 0 Å². The number of hydrogen-bond acceptors (Lipinski definition) is 7. The molecule has 9 heteroatoms. The van der Waals surface area contributed by atoms with Crippen molar-refractivity contribution in [1.82, 2.24) is 5.32 Å². The van der Waals surface area contributed by atoms with Gasteiger partial charge >= 0.3 is 5.97 Å². The van der Waals surface area contributed by atoms with Crippen molar-refractivity contribution < 1.29 is 28.6 Å². The minimum absolute atomic E-state index is 0.200. The van der Waals surface area contributed by atoms with Gasteiger partial charge in [0.25, 0.3) is 5.91 Å². The standard InChI is InChI=1S/C26H33N3O6/c1-26(25(32)34-3)8-6-17(7-9-26)35-19-12-18(20(33-2)11-16(19)13-27)24(31)29-22-15-5-4-14(10-15)21(22)23(28)30/h11-12,14-15,17,21-22H,4-10H2,1-3H3,(H2,28,30)(H,29,31)/t14-,15+,17?,21+,22-,26?/m1/s1. The number of amides is 2. The van der Waals surface area contributed by atoms with Crippen molar-refractivity contribution in [2.45, 2.75) is 64.0 Å². The Bertz CT molecular complexity index is 1060. The Hall–Kier alpha value is -3.28. The number of carbonyl (C=O) groups is 3. The second-order valence-electron chi connectivity index (χ2n) is 10.3. The van der Waals surface area contributed by atoms with Crippen molar-refractivity contribution in [2.75, 3.05) is 14.2 Å². The van der Waals surface area contributed by atoms with E-state index in [1.807, 2.05) is 6.92 Å². The molecule has 0 saturated heterocycles. The van der Waals surface area contributed by atoms with Crippen molar-refractivity contribution in [3.05, 3.63) is 23.3 Å². The third-order valence-corrected chi connectivity index (χ3v) is 8.22. The van der Waals surface area contributed by atoms with Crippen molar-refractivity contribution in [3.63, 3.8) is 0 Å². The van der Waals surface area contributed by atoms with Crippen LogP contribution >= 0.6 is 0 Å². The molecule has 4 rings (SSSR count). The molecule has 3 aliphatic carbocycles. The number of rotatable bonds is 7. The summed E-state index contributed by atoms with van der Waals surface area (Å²) in [6, 6.07) is 4.84. The molecule has 3 aliphatic rings. The van der Waals surface area contributed by atoms with E-state index in [2.05, 4.69) is 11.4 Å². The molecule has 9 nitrogen and oxygen atoms in total. The summed E-state index contributed by atoms with van der Waals surface area (Å²) < 4.78 is 16.5. The van der Waals surface area contributed by atoms with Crippen LogP contribution in [0.3, 0.4) is 0 Å². The summed E-state index contributed by atoms with van der Waals surface area (Å²) in [5.41, 5.74) is 5.61. The normalized spacial score (nSPS) is 31.3. The summed E-state index contributed by atoms with van der Waals surface area (Å²) in [4.78, 5) is 37.5. The lowest BCUT2D eigenvalue weighted by Gasteiger charge is -2.35. The van der Waals surface area contributed by atoms with E-state index in [0.717, 1.165) is 19.3 Å². The van der Waals surface area contributed by atoms with Crippen LogP contribution in [0.1, 0.15) is 67.8 Å². The van der Waals surface area contributed by atoms with E-state index in [1.54, 1.807) is 0 Å². The Balaban J connectivity index is 1.53. The molecule has 0 spiro atoms. The minimum atomic E-state index is -0.546. The molecule has 1 aromatic rings. The molecular weight excluding hydrogens is 450 g/mol. The van der Waals surface area contributed by atoms with Gasteiger partial charge in [-0.3, -0.25) is 14.4 Å². The lowest BCUT2D eigenvalue weighted by molar-refractivity contribution is -0.154. The van der Waals surface area contributed by atoms with Crippen LogP contribution in [-0.2, 0) is 14.3 Å². The number of carbonyl (C=O) groups excluding carboxylic acids is 3. The number of fused-ring (bicyclic) bond motifs is 2. The molecule has 35 heavy (non-hydrogen) atoms. The molecular formula is C26H33N3O6. The summed E-state index contributed by atoms with van der Waals surface area (Å²) in [6.45, 7) is 1.89. The highest BCUT2D eigenvalue weighted by molar-refractivity contribution is 5.98. The Labute approximate surface area is 205 Å². The van der Waals surface area contributed by atoms with Crippen molar-refractivity contribution in [2.24, 2.45) is 28.9 Å². The first kappa shape index (κ1) is 24.8. The van der Waals surface area contributed by atoms with Gasteiger partial charge in [-0.05, 0) is 69.8 Å². The number of esters is 1. The number of hydrogen-bond donors (Lipinski definition) is 2. The fourth-order valence-electron chi connectivity index (χ4n) is 6.21. The first-order valence-electron chi connectivity index (χ1n) is 12.2. The van der Waals surface area contributed by atoms with Crippen LogP contribution in [0.5, 0.6) is 11.5 Å². The van der Waals surface area contributed by atoms with Crippen LogP contribution in [0.4, 0.5) is 0 Å². The first-order valence-corrected chi connectivity index (χ1v) is 12.2. The summed E-state index contributed by atoms with van der Waals surface area (Å²) in [7, 11) is 2.83. The van der Waals surface area contributed by atoms with Gasteiger partial charge in [0.15, 0.2) is 0 Å². The quantitative estimate of drug-likeness (QED) is 0.568. The lowest BCUT2D eigenvalue weighted by atomic mass is 9.74. The number of nitrogens with zero attached hydrogens (tertiary/aromatic N) is 1. The number of nitrogens with two attached hydrogens (primary N) is 1. The number of ether oxygens (including phenoxy) is 3. The smallest absolute Gasteiger partial charge is 0.311 e. The fraction of sp³-hybridized carbons (Fsp3) is 0.615. The predicted octanol–water partition coefficient (Wildman–Crippen LogP) is 2.70. The second kappa shape index (κ2) is 9.76. The zero-order valence-electron chi connectivity index (χ0n) is 20.5. The topological polar surface area (TPSA) is 141 Å². The highest BCUT2D eigenvalue weighted by Gasteiger charge is 2.51. The molecule has 2 bridgehead atoms. The number of primary amides is 1. The third kappa shape index (κ3) is 4.66. The minimum Gasteiger partial charge on any atom is -0.496 e. The van der Waals surface area contributed by atoms with E-state index in [-0.39, 0.29) is 64.6 Å². The van der Waals surface area contributed by atoms with E-state index >= 15 is 0 Å². The fourth-order valence-corrected chi connectivity index (χ4v) is 6.21. The Morgan fingerprint density at radius 1 is 1.09 bits per heavy atom. The molecule has 188 valence electrons. The molecule has 3 saturated carbocycles. The van der Waals surface area contributed by atoms with E-state index in [1.165, 1.54) is 26.4 Å². The number of methoxy groups -OCH3 is 2. The van der Waals surface area contributed by atoms with Gasteiger partial charge in [0.05, 0.1) is 42.8 Å². The predicted molar refractivity (Wildman–Crippen MR) is 125 cm³/mol. The molecule has 0 radical (unpaired) electrons. The summed E-state index contributed by atoms with van der Waals surface area (Å²) in [5.74, 6) is -0.372. The molecule has 4 atom stereocenters. The van der Waals surface area contributed by atoms with E-state index < -0.39 is 5.41 Å². The van der Waals surface area contributed by atoms with Crippen LogP contribution in [0.15, 0.2) is 12.1 Å². The average molecular weight is 484 g/mol. The summed E-state index contributed by atoms with van der Waals surface area (Å²) in [5, 5.41) is 12.7. The van der Waals surface area contributed by atoms with Crippen LogP contribution in [0.2, 0.25) is 0 Å². The van der Waals surface area contributed by atoms with Crippen LogP contribution in [-0.4, -0.2) is 44.1 Å². The van der Waals surface area contributed by atoms with E-state index in [0.29, 0.717) is 31.4 Å². The molecule has 0 aromatic heterocycles. The van der Waals surface area contributed by atoms with Crippen molar-refractivity contribution >= 4 is 17.8 Å². The molecule has 3 N–H and O–H groups in total. The number of benzene rings is 1. The van der Waals surface area contributed by atoms with Crippen molar-refractivity contribution in [1.29, 1.82) is 5.26 Å². The van der Waals surface area contributed by atoms with Crippen molar-refractivity contribution in [3.8, 4) is 17.6 Å². The van der Waals surface area contributed by atoms with Gasteiger partial charge in [-0.2, -0.15) is 5.26 Å².